The first-order valence-electron chi connectivity index (χ1n) is 13.7. The Morgan fingerprint density at radius 1 is 0.973 bits per heavy atom. The lowest BCUT2D eigenvalue weighted by Gasteiger charge is -2.59. The largest absolute Gasteiger partial charge is 0.456 e. The van der Waals surface area contributed by atoms with Gasteiger partial charge >= 0.3 is 5.97 Å². The number of amides is 3. The molecule has 4 fully saturated rings. The molecule has 2 aromatic carbocycles. The highest BCUT2D eigenvalue weighted by atomic mass is 16.5. The Kier molecular flexibility index (Phi) is 6.04. The first kappa shape index (κ1) is 24.1. The fraction of sp³-hybridized carbons (Fsp3) is 0.533. The van der Waals surface area contributed by atoms with Crippen molar-refractivity contribution in [1.82, 2.24) is 10.2 Å². The SMILES string of the molecule is C[C@@H](NC(=O)COC(=O)CCCN1C(=O)c2cccc3cccc(c23)C1=O)C12CC3CC(CC(C3)C1)C2. The molecule has 0 spiro atoms. The molecule has 4 aliphatic carbocycles. The zero-order valence-corrected chi connectivity index (χ0v) is 21.3. The maximum atomic E-state index is 13.0. The number of rotatable bonds is 8. The van der Waals surface area contributed by atoms with Crippen LogP contribution in [-0.2, 0) is 14.3 Å². The summed E-state index contributed by atoms with van der Waals surface area (Å²) in [5, 5.41) is 4.66. The lowest BCUT2D eigenvalue weighted by Crippen LogP contribution is -2.56. The van der Waals surface area contributed by atoms with Gasteiger partial charge in [0.2, 0.25) is 0 Å². The van der Waals surface area contributed by atoms with E-state index in [0.717, 1.165) is 23.1 Å². The van der Waals surface area contributed by atoms with E-state index < -0.39 is 5.97 Å². The zero-order chi connectivity index (χ0) is 25.7. The molecule has 0 aromatic heterocycles. The van der Waals surface area contributed by atoms with Crippen LogP contribution in [0.25, 0.3) is 10.8 Å². The van der Waals surface area contributed by atoms with Gasteiger partial charge in [-0.1, -0.05) is 24.3 Å². The molecule has 1 atom stereocenters. The molecule has 1 aliphatic heterocycles. The maximum absolute atomic E-state index is 13.0. The van der Waals surface area contributed by atoms with Gasteiger partial charge in [0.15, 0.2) is 6.61 Å². The summed E-state index contributed by atoms with van der Waals surface area (Å²) in [5.74, 6) is 0.969. The number of benzene rings is 2. The lowest BCUT2D eigenvalue weighted by molar-refractivity contribution is -0.149. The number of imide groups is 1. The van der Waals surface area contributed by atoms with Gasteiger partial charge in [-0.2, -0.15) is 0 Å². The number of carbonyl (C=O) groups is 4. The maximum Gasteiger partial charge on any atom is 0.306 e. The van der Waals surface area contributed by atoms with E-state index in [1.807, 2.05) is 12.1 Å². The highest BCUT2D eigenvalue weighted by Gasteiger charge is 2.53. The minimum atomic E-state index is -0.503. The molecule has 3 amide bonds. The van der Waals surface area contributed by atoms with Crippen LogP contribution in [0.2, 0.25) is 0 Å². The van der Waals surface area contributed by atoms with Gasteiger partial charge in [0.1, 0.15) is 0 Å². The van der Waals surface area contributed by atoms with E-state index in [1.54, 1.807) is 24.3 Å². The normalized spacial score (nSPS) is 28.5. The zero-order valence-electron chi connectivity index (χ0n) is 21.3. The minimum Gasteiger partial charge on any atom is -0.456 e. The van der Waals surface area contributed by atoms with Crippen LogP contribution in [0.15, 0.2) is 36.4 Å². The summed E-state index contributed by atoms with van der Waals surface area (Å²) < 4.78 is 5.23. The van der Waals surface area contributed by atoms with Crippen molar-refractivity contribution in [3.8, 4) is 0 Å². The number of esters is 1. The van der Waals surface area contributed by atoms with Crippen molar-refractivity contribution in [2.75, 3.05) is 13.2 Å². The van der Waals surface area contributed by atoms with E-state index in [2.05, 4.69) is 12.2 Å². The number of ether oxygens (including phenoxy) is 1. The van der Waals surface area contributed by atoms with Gasteiger partial charge in [-0.25, -0.2) is 0 Å². The summed E-state index contributed by atoms with van der Waals surface area (Å²) in [6.07, 6.45) is 7.98. The quantitative estimate of drug-likeness (QED) is 0.424. The number of nitrogens with one attached hydrogen (secondary N) is 1. The smallest absolute Gasteiger partial charge is 0.306 e. The monoisotopic (exact) mass is 502 g/mol. The predicted octanol–water partition coefficient (Wildman–Crippen LogP) is 4.48. The highest BCUT2D eigenvalue weighted by Crippen LogP contribution is 2.61. The van der Waals surface area contributed by atoms with Crippen molar-refractivity contribution in [2.24, 2.45) is 23.2 Å². The van der Waals surface area contributed by atoms with E-state index in [1.165, 1.54) is 43.4 Å². The molecule has 1 N–H and O–H groups in total. The van der Waals surface area contributed by atoms with Crippen molar-refractivity contribution in [1.29, 1.82) is 0 Å². The van der Waals surface area contributed by atoms with Crippen molar-refractivity contribution in [3.05, 3.63) is 47.5 Å². The summed E-state index contributed by atoms with van der Waals surface area (Å²) in [5.41, 5.74) is 1.20. The molecule has 4 bridgehead atoms. The summed E-state index contributed by atoms with van der Waals surface area (Å²) in [6.45, 7) is 1.93. The second-order valence-corrected chi connectivity index (χ2v) is 11.8. The molecule has 1 heterocycles. The Morgan fingerprint density at radius 2 is 1.54 bits per heavy atom. The van der Waals surface area contributed by atoms with Gasteiger partial charge in [-0.3, -0.25) is 24.1 Å². The molecule has 0 saturated heterocycles. The first-order valence-corrected chi connectivity index (χ1v) is 13.7. The van der Waals surface area contributed by atoms with Crippen LogP contribution in [0.3, 0.4) is 0 Å². The molecule has 7 rings (SSSR count). The molecule has 2 aromatic rings. The topological polar surface area (TPSA) is 92.8 Å². The second-order valence-electron chi connectivity index (χ2n) is 11.8. The predicted molar refractivity (Wildman–Crippen MR) is 138 cm³/mol. The van der Waals surface area contributed by atoms with E-state index in [-0.39, 0.29) is 55.2 Å². The van der Waals surface area contributed by atoms with Crippen LogP contribution < -0.4 is 5.32 Å². The molecule has 0 unspecified atom stereocenters. The van der Waals surface area contributed by atoms with Gasteiger partial charge in [0.05, 0.1) is 0 Å². The summed E-state index contributed by atoms with van der Waals surface area (Å²) in [6, 6.07) is 10.9. The Morgan fingerprint density at radius 3 is 2.11 bits per heavy atom. The Balaban J connectivity index is 0.977. The van der Waals surface area contributed by atoms with Crippen molar-refractivity contribution in [3.63, 3.8) is 0 Å². The lowest BCUT2D eigenvalue weighted by atomic mass is 9.48. The van der Waals surface area contributed by atoms with Crippen LogP contribution in [-0.4, -0.2) is 47.8 Å². The molecule has 0 radical (unpaired) electrons. The summed E-state index contributed by atoms with van der Waals surface area (Å²) in [4.78, 5) is 52.0. The number of carbonyl (C=O) groups excluding carboxylic acids is 4. The number of nitrogens with zero attached hydrogens (tertiary/aromatic N) is 1. The number of hydrogen-bond donors (Lipinski definition) is 1. The van der Waals surface area contributed by atoms with Gasteiger partial charge in [-0.05, 0) is 92.6 Å². The third kappa shape index (κ3) is 4.32. The highest BCUT2D eigenvalue weighted by molar-refractivity contribution is 6.25. The number of hydrogen-bond acceptors (Lipinski definition) is 5. The third-order valence-corrected chi connectivity index (χ3v) is 9.36. The average molecular weight is 503 g/mol. The molecule has 7 heteroatoms. The average Bonchev–Trinajstić information content (AvgIpc) is 2.87. The second kappa shape index (κ2) is 9.26. The van der Waals surface area contributed by atoms with Gasteiger partial charge in [-0.15, -0.1) is 0 Å². The molecule has 5 aliphatic rings. The standard InChI is InChI=1S/C30H34N2O5/c1-18(30-14-19-11-20(15-30)13-21(12-19)16-30)31-25(33)17-37-26(34)9-4-10-32-28(35)23-7-2-5-22-6-3-8-24(27(22)23)29(32)36/h2-3,5-8,18-21H,4,9-17H2,1H3,(H,31,33)/t18-,19?,20?,21?,30?/m1/s1. The van der Waals surface area contributed by atoms with Crippen molar-refractivity contribution >= 4 is 34.5 Å². The Hall–Kier alpha value is -3.22. The van der Waals surface area contributed by atoms with E-state index >= 15 is 0 Å². The summed E-state index contributed by atoms with van der Waals surface area (Å²) in [7, 11) is 0. The van der Waals surface area contributed by atoms with E-state index in [9.17, 15) is 19.2 Å². The molecular weight excluding hydrogens is 468 g/mol. The van der Waals surface area contributed by atoms with Crippen molar-refractivity contribution in [2.45, 2.75) is 64.3 Å². The van der Waals surface area contributed by atoms with Crippen LogP contribution >= 0.6 is 0 Å². The minimum absolute atomic E-state index is 0.0285. The van der Waals surface area contributed by atoms with Crippen LogP contribution in [0, 0.1) is 23.2 Å². The fourth-order valence-corrected chi connectivity index (χ4v) is 8.03. The molecule has 7 nitrogen and oxygen atoms in total. The van der Waals surface area contributed by atoms with E-state index in [4.69, 9.17) is 4.74 Å². The van der Waals surface area contributed by atoms with Gasteiger partial charge < -0.3 is 10.1 Å². The Bertz CT molecular complexity index is 1200. The van der Waals surface area contributed by atoms with Crippen LogP contribution in [0.5, 0.6) is 0 Å². The van der Waals surface area contributed by atoms with Crippen LogP contribution in [0.4, 0.5) is 0 Å². The molecule has 37 heavy (non-hydrogen) atoms. The molecule has 194 valence electrons. The fourth-order valence-electron chi connectivity index (χ4n) is 8.03. The van der Waals surface area contributed by atoms with Crippen LogP contribution in [0.1, 0.15) is 79.0 Å². The van der Waals surface area contributed by atoms with Gasteiger partial charge in [0, 0.05) is 35.5 Å². The molecule has 4 saturated carbocycles. The first-order chi connectivity index (χ1) is 17.8. The van der Waals surface area contributed by atoms with Gasteiger partial charge in [0.25, 0.3) is 17.7 Å². The Labute approximate surface area is 216 Å². The summed E-state index contributed by atoms with van der Waals surface area (Å²) >= 11 is 0. The van der Waals surface area contributed by atoms with E-state index in [0.29, 0.717) is 16.5 Å². The van der Waals surface area contributed by atoms with Crippen molar-refractivity contribution < 1.29 is 23.9 Å². The third-order valence-electron chi connectivity index (χ3n) is 9.36. The molecular formula is C30H34N2O5.